The van der Waals surface area contributed by atoms with E-state index in [2.05, 4.69) is 15.8 Å². The summed E-state index contributed by atoms with van der Waals surface area (Å²) in [6, 6.07) is 12.9. The first-order chi connectivity index (χ1) is 12.0. The van der Waals surface area contributed by atoms with E-state index in [-0.39, 0.29) is 12.3 Å². The smallest absolute Gasteiger partial charge is 0.249 e. The number of rotatable bonds is 6. The lowest BCUT2D eigenvalue weighted by molar-refractivity contribution is -0.126. The number of carbonyl (C=O) groups is 2. The van der Waals surface area contributed by atoms with Gasteiger partial charge in [-0.1, -0.05) is 30.3 Å². The van der Waals surface area contributed by atoms with Crippen LogP contribution in [0.3, 0.4) is 0 Å². The van der Waals surface area contributed by atoms with Gasteiger partial charge in [0.15, 0.2) is 0 Å². The molecule has 0 aromatic heterocycles. The number of para-hydroxylation sites is 1. The minimum atomic E-state index is -0.485. The molecule has 0 radical (unpaired) electrons. The number of benzene rings is 2. The molecule has 0 heterocycles. The van der Waals surface area contributed by atoms with Crippen molar-refractivity contribution in [2.24, 2.45) is 5.10 Å². The van der Waals surface area contributed by atoms with Crippen LogP contribution in [0, 0.1) is 13.8 Å². The first-order valence-electron chi connectivity index (χ1n) is 7.81. The molecule has 0 aliphatic heterocycles. The fraction of sp³-hybridized carbons (Fsp3) is 0.211. The molecule has 0 saturated carbocycles. The van der Waals surface area contributed by atoms with Crippen molar-refractivity contribution in [3.8, 4) is 5.75 Å². The number of anilines is 1. The van der Waals surface area contributed by atoms with Gasteiger partial charge in [-0.25, -0.2) is 5.43 Å². The van der Waals surface area contributed by atoms with E-state index in [1.165, 1.54) is 6.21 Å². The average molecular weight is 339 g/mol. The highest BCUT2D eigenvalue weighted by Gasteiger charge is 2.09. The number of hydrogen-bond donors (Lipinski definition) is 2. The second kappa shape index (κ2) is 8.63. The van der Waals surface area contributed by atoms with Gasteiger partial charge in [0.25, 0.3) is 0 Å². The molecule has 6 nitrogen and oxygen atoms in total. The zero-order chi connectivity index (χ0) is 18.2. The lowest BCUT2D eigenvalue weighted by Crippen LogP contribution is -2.24. The Balaban J connectivity index is 1.86. The number of methoxy groups -OCH3 is 1. The number of hydrazone groups is 1. The number of ether oxygens (including phenoxy) is 1. The second-order valence-electron chi connectivity index (χ2n) is 5.56. The summed E-state index contributed by atoms with van der Waals surface area (Å²) in [5.74, 6) is -0.131. The Kier molecular flexibility index (Phi) is 6.28. The maximum Gasteiger partial charge on any atom is 0.249 e. The number of amides is 2. The highest BCUT2D eigenvalue weighted by atomic mass is 16.5. The molecule has 6 heteroatoms. The molecule has 0 spiro atoms. The summed E-state index contributed by atoms with van der Waals surface area (Å²) in [4.78, 5) is 23.7. The van der Waals surface area contributed by atoms with E-state index >= 15 is 0 Å². The molecule has 0 aliphatic carbocycles. The Hall–Kier alpha value is -3.15. The third kappa shape index (κ3) is 5.46. The minimum absolute atomic E-state index is 0.303. The zero-order valence-corrected chi connectivity index (χ0v) is 14.5. The summed E-state index contributed by atoms with van der Waals surface area (Å²) in [7, 11) is 1.60. The first kappa shape index (κ1) is 18.2. The second-order valence-corrected chi connectivity index (χ2v) is 5.56. The molecular weight excluding hydrogens is 318 g/mol. The molecule has 2 amide bonds. The van der Waals surface area contributed by atoms with Crippen LogP contribution in [0.25, 0.3) is 0 Å². The third-order valence-corrected chi connectivity index (χ3v) is 3.58. The topological polar surface area (TPSA) is 79.8 Å². The van der Waals surface area contributed by atoms with Crippen LogP contribution in [0.15, 0.2) is 47.6 Å². The van der Waals surface area contributed by atoms with Crippen molar-refractivity contribution in [2.45, 2.75) is 20.3 Å². The molecule has 2 N–H and O–H groups in total. The molecule has 2 aromatic carbocycles. The quantitative estimate of drug-likeness (QED) is 0.482. The van der Waals surface area contributed by atoms with Gasteiger partial charge in [-0.2, -0.15) is 5.10 Å². The van der Waals surface area contributed by atoms with Gasteiger partial charge in [-0.05, 0) is 42.7 Å². The summed E-state index contributed by atoms with van der Waals surface area (Å²) in [5, 5.41) is 6.57. The predicted octanol–water partition coefficient (Wildman–Crippen LogP) is 2.79. The van der Waals surface area contributed by atoms with Crippen LogP contribution in [-0.2, 0) is 9.59 Å². The molecular formula is C19H21N3O3. The Morgan fingerprint density at radius 3 is 2.56 bits per heavy atom. The lowest BCUT2D eigenvalue weighted by Gasteiger charge is -2.07. The van der Waals surface area contributed by atoms with Gasteiger partial charge in [-0.15, -0.1) is 0 Å². The van der Waals surface area contributed by atoms with E-state index in [1.54, 1.807) is 13.2 Å². The Morgan fingerprint density at radius 2 is 1.84 bits per heavy atom. The van der Waals surface area contributed by atoms with Crippen molar-refractivity contribution in [3.05, 3.63) is 59.2 Å². The standard InChI is InChI=1S/C19H21N3O3/c1-13-6-4-5-7-16(13)21-18(23)11-19(24)22-20-12-15-9-8-14(2)17(10-15)25-3/h4-10,12H,11H2,1-3H3,(H,21,23)(H,22,24). The summed E-state index contributed by atoms with van der Waals surface area (Å²) < 4.78 is 5.23. The highest BCUT2D eigenvalue weighted by Crippen LogP contribution is 2.17. The molecule has 25 heavy (non-hydrogen) atoms. The van der Waals surface area contributed by atoms with Crippen LogP contribution in [0.1, 0.15) is 23.1 Å². The summed E-state index contributed by atoms with van der Waals surface area (Å²) in [5.41, 5.74) is 5.76. The molecule has 0 bridgehead atoms. The van der Waals surface area contributed by atoms with Crippen LogP contribution < -0.4 is 15.5 Å². The SMILES string of the molecule is COc1cc(C=NNC(=O)CC(=O)Nc2ccccc2C)ccc1C. The van der Waals surface area contributed by atoms with Crippen LogP contribution in [0.4, 0.5) is 5.69 Å². The maximum atomic E-state index is 11.9. The van der Waals surface area contributed by atoms with E-state index in [0.29, 0.717) is 5.69 Å². The Bertz CT molecular complexity index is 800. The van der Waals surface area contributed by atoms with Gasteiger partial charge >= 0.3 is 0 Å². The van der Waals surface area contributed by atoms with E-state index < -0.39 is 5.91 Å². The van der Waals surface area contributed by atoms with Gasteiger partial charge in [0, 0.05) is 5.69 Å². The van der Waals surface area contributed by atoms with Crippen molar-refractivity contribution in [1.82, 2.24) is 5.43 Å². The highest BCUT2D eigenvalue weighted by molar-refractivity contribution is 6.04. The van der Waals surface area contributed by atoms with Crippen LogP contribution in [0.5, 0.6) is 5.75 Å². The molecule has 2 rings (SSSR count). The number of nitrogens with one attached hydrogen (secondary N) is 2. The molecule has 0 unspecified atom stereocenters. The summed E-state index contributed by atoms with van der Waals surface area (Å²) in [6.45, 7) is 3.82. The van der Waals surface area contributed by atoms with Crippen molar-refractivity contribution >= 4 is 23.7 Å². The molecule has 0 atom stereocenters. The lowest BCUT2D eigenvalue weighted by atomic mass is 10.1. The van der Waals surface area contributed by atoms with Crippen molar-refractivity contribution < 1.29 is 14.3 Å². The molecule has 0 aliphatic rings. The zero-order valence-electron chi connectivity index (χ0n) is 14.5. The summed E-state index contributed by atoms with van der Waals surface area (Å²) >= 11 is 0. The van der Waals surface area contributed by atoms with E-state index in [0.717, 1.165) is 22.4 Å². The molecule has 130 valence electrons. The Labute approximate surface area is 146 Å². The van der Waals surface area contributed by atoms with Crippen molar-refractivity contribution in [2.75, 3.05) is 12.4 Å². The average Bonchev–Trinajstić information content (AvgIpc) is 2.58. The number of nitrogens with zero attached hydrogens (tertiary/aromatic N) is 1. The van der Waals surface area contributed by atoms with E-state index in [4.69, 9.17) is 4.74 Å². The van der Waals surface area contributed by atoms with Crippen LogP contribution in [0.2, 0.25) is 0 Å². The fourth-order valence-corrected chi connectivity index (χ4v) is 2.19. The van der Waals surface area contributed by atoms with Crippen molar-refractivity contribution in [3.63, 3.8) is 0 Å². The van der Waals surface area contributed by atoms with Gasteiger partial charge < -0.3 is 10.1 Å². The van der Waals surface area contributed by atoms with Crippen LogP contribution in [-0.4, -0.2) is 25.1 Å². The molecule has 2 aromatic rings. The van der Waals surface area contributed by atoms with Gasteiger partial charge in [0.05, 0.1) is 13.3 Å². The first-order valence-corrected chi connectivity index (χ1v) is 7.81. The van der Waals surface area contributed by atoms with Gasteiger partial charge in [-0.3, -0.25) is 9.59 Å². The Morgan fingerprint density at radius 1 is 1.08 bits per heavy atom. The normalized spacial score (nSPS) is 10.5. The van der Waals surface area contributed by atoms with Gasteiger partial charge in [0.1, 0.15) is 12.2 Å². The summed E-state index contributed by atoms with van der Waals surface area (Å²) in [6.07, 6.45) is 1.20. The fourth-order valence-electron chi connectivity index (χ4n) is 2.19. The molecule has 0 fully saturated rings. The largest absolute Gasteiger partial charge is 0.496 e. The third-order valence-electron chi connectivity index (χ3n) is 3.58. The monoisotopic (exact) mass is 339 g/mol. The van der Waals surface area contributed by atoms with Crippen LogP contribution >= 0.6 is 0 Å². The maximum absolute atomic E-state index is 11.9. The number of carbonyl (C=O) groups excluding carboxylic acids is 2. The predicted molar refractivity (Wildman–Crippen MR) is 97.9 cm³/mol. The number of aryl methyl sites for hydroxylation is 2. The minimum Gasteiger partial charge on any atom is -0.496 e. The van der Waals surface area contributed by atoms with E-state index in [1.807, 2.05) is 50.2 Å². The van der Waals surface area contributed by atoms with E-state index in [9.17, 15) is 9.59 Å². The molecule has 0 saturated heterocycles. The van der Waals surface area contributed by atoms with Crippen molar-refractivity contribution in [1.29, 1.82) is 0 Å². The van der Waals surface area contributed by atoms with Gasteiger partial charge in [0.2, 0.25) is 11.8 Å². The number of hydrogen-bond acceptors (Lipinski definition) is 4.